The zero-order chi connectivity index (χ0) is 24.9. The number of pyridine rings is 1. The Hall–Kier alpha value is -3.43. The maximum absolute atomic E-state index is 14.7. The van der Waals surface area contributed by atoms with E-state index in [0.717, 1.165) is 5.56 Å². The summed E-state index contributed by atoms with van der Waals surface area (Å²) in [6, 6.07) is 12.4. The summed E-state index contributed by atoms with van der Waals surface area (Å²) in [4.78, 5) is 26.5. The van der Waals surface area contributed by atoms with E-state index in [-0.39, 0.29) is 33.7 Å². The highest BCUT2D eigenvalue weighted by molar-refractivity contribution is 7.98. The van der Waals surface area contributed by atoms with E-state index in [0.29, 0.717) is 23.0 Å². The summed E-state index contributed by atoms with van der Waals surface area (Å²) >= 11 is 7.39. The zero-order valence-corrected chi connectivity index (χ0v) is 20.5. The van der Waals surface area contributed by atoms with E-state index >= 15 is 0 Å². The third-order valence-electron chi connectivity index (χ3n) is 5.25. The van der Waals surface area contributed by atoms with E-state index < -0.39 is 11.6 Å². The first-order valence-electron chi connectivity index (χ1n) is 10.5. The average Bonchev–Trinajstić information content (AvgIpc) is 3.28. The zero-order valence-electron chi connectivity index (χ0n) is 18.9. The topological polar surface area (TPSA) is 71.1 Å². The number of thioether (sulfide) groups is 1. The number of aromatic nitrogens is 3. The Bertz CT molecular complexity index is 1330. The number of hydrogen-bond acceptors (Lipinski definition) is 5. The van der Waals surface area contributed by atoms with Crippen molar-refractivity contribution in [2.45, 2.75) is 17.5 Å². The van der Waals surface area contributed by atoms with Crippen LogP contribution in [0, 0.1) is 11.6 Å². The van der Waals surface area contributed by atoms with Gasteiger partial charge in [-0.2, -0.15) is 0 Å². The fourth-order valence-corrected chi connectivity index (χ4v) is 4.61. The number of rotatable bonds is 8. The van der Waals surface area contributed by atoms with Crippen LogP contribution in [0.15, 0.2) is 66.1 Å². The third-order valence-corrected chi connectivity index (χ3v) is 6.51. The largest absolute Gasteiger partial charge is 0.494 e. The number of halogens is 3. The third kappa shape index (κ3) is 5.63. The molecule has 0 radical (unpaired) electrons. The molecule has 2 aromatic carbocycles. The van der Waals surface area contributed by atoms with Gasteiger partial charge in [0.15, 0.2) is 16.7 Å². The molecule has 0 spiro atoms. The van der Waals surface area contributed by atoms with Crippen molar-refractivity contribution < 1.29 is 18.3 Å². The number of amides is 1. The van der Waals surface area contributed by atoms with Crippen LogP contribution in [0.1, 0.15) is 21.6 Å². The maximum Gasteiger partial charge on any atom is 0.272 e. The van der Waals surface area contributed by atoms with Crippen molar-refractivity contribution in [2.24, 2.45) is 0 Å². The number of nitrogens with one attached hydrogen (secondary N) is 1. The molecule has 0 saturated heterocycles. The summed E-state index contributed by atoms with van der Waals surface area (Å²) in [5.74, 6) is -1.01. The van der Waals surface area contributed by atoms with Crippen LogP contribution >= 0.6 is 23.4 Å². The van der Waals surface area contributed by atoms with Gasteiger partial charge in [-0.05, 0) is 54.1 Å². The standard InChI is InChI=1S/C25H21ClF2N4O2S/c1-32(13-15-9-11-29-12-10-15)24(33)23-22(16-3-5-17(27)6-4-16)30-25(31-23)35-14-18-19(26)7-8-20(34-2)21(18)28/h3-12H,13-14H2,1-2H3,(H,30,31). The highest BCUT2D eigenvalue weighted by Gasteiger charge is 2.23. The number of H-pyrrole nitrogens is 1. The highest BCUT2D eigenvalue weighted by Crippen LogP contribution is 2.33. The first-order chi connectivity index (χ1) is 16.9. The second kappa shape index (κ2) is 10.9. The van der Waals surface area contributed by atoms with Gasteiger partial charge in [-0.25, -0.2) is 13.8 Å². The number of benzene rings is 2. The van der Waals surface area contributed by atoms with Gasteiger partial charge in [0, 0.05) is 47.9 Å². The SMILES string of the molecule is COc1ccc(Cl)c(CSc2nc(-c3ccc(F)cc3)c(C(=O)N(C)Cc3ccncc3)[nH]2)c1F. The molecule has 180 valence electrons. The maximum atomic E-state index is 14.7. The second-order valence-corrected chi connectivity index (χ2v) is 8.99. The summed E-state index contributed by atoms with van der Waals surface area (Å²) in [7, 11) is 3.06. The minimum atomic E-state index is -0.550. The lowest BCUT2D eigenvalue weighted by Crippen LogP contribution is -2.27. The van der Waals surface area contributed by atoms with Crippen molar-refractivity contribution in [1.82, 2.24) is 19.9 Å². The summed E-state index contributed by atoms with van der Waals surface area (Å²) in [6.07, 6.45) is 3.32. The lowest BCUT2D eigenvalue weighted by molar-refractivity contribution is 0.0780. The summed E-state index contributed by atoms with van der Waals surface area (Å²) in [6.45, 7) is 0.357. The molecule has 4 aromatic rings. The Morgan fingerprint density at radius 2 is 1.83 bits per heavy atom. The molecule has 0 unspecified atom stereocenters. The van der Waals surface area contributed by atoms with E-state index in [1.807, 2.05) is 12.1 Å². The van der Waals surface area contributed by atoms with Crippen molar-refractivity contribution >= 4 is 29.3 Å². The molecule has 10 heteroatoms. The molecular formula is C25H21ClF2N4O2S. The monoisotopic (exact) mass is 514 g/mol. The number of ether oxygens (including phenoxy) is 1. The fourth-order valence-electron chi connectivity index (χ4n) is 3.42. The Balaban J connectivity index is 1.64. The molecule has 2 aromatic heterocycles. The molecule has 0 aliphatic carbocycles. The van der Waals surface area contributed by atoms with Crippen LogP contribution in [0.3, 0.4) is 0 Å². The van der Waals surface area contributed by atoms with Gasteiger partial charge in [0.1, 0.15) is 17.2 Å². The predicted molar refractivity (Wildman–Crippen MR) is 132 cm³/mol. The molecule has 1 amide bonds. The van der Waals surface area contributed by atoms with Crippen molar-refractivity contribution in [1.29, 1.82) is 0 Å². The van der Waals surface area contributed by atoms with Crippen LogP contribution in [0.5, 0.6) is 5.75 Å². The number of hydrogen-bond donors (Lipinski definition) is 1. The van der Waals surface area contributed by atoms with Crippen LogP contribution in [0.25, 0.3) is 11.3 Å². The molecule has 35 heavy (non-hydrogen) atoms. The van der Waals surface area contributed by atoms with Gasteiger partial charge in [-0.1, -0.05) is 23.4 Å². The Kier molecular flexibility index (Phi) is 7.67. The first-order valence-corrected chi connectivity index (χ1v) is 11.9. The quantitative estimate of drug-likeness (QED) is 0.293. The van der Waals surface area contributed by atoms with Gasteiger partial charge >= 0.3 is 0 Å². The number of carbonyl (C=O) groups excluding carboxylic acids is 1. The van der Waals surface area contributed by atoms with Crippen molar-refractivity contribution in [2.75, 3.05) is 14.2 Å². The Morgan fingerprint density at radius 3 is 2.51 bits per heavy atom. The normalized spacial score (nSPS) is 10.9. The van der Waals surface area contributed by atoms with E-state index in [9.17, 15) is 13.6 Å². The van der Waals surface area contributed by atoms with Crippen LogP contribution in [0.4, 0.5) is 8.78 Å². The van der Waals surface area contributed by atoms with Gasteiger partial charge in [0.25, 0.3) is 5.91 Å². The van der Waals surface area contributed by atoms with E-state index in [1.54, 1.807) is 42.5 Å². The molecule has 0 atom stereocenters. The average molecular weight is 515 g/mol. The second-order valence-electron chi connectivity index (χ2n) is 7.62. The number of imidazole rings is 1. The van der Waals surface area contributed by atoms with E-state index in [4.69, 9.17) is 16.3 Å². The molecule has 0 fully saturated rings. The highest BCUT2D eigenvalue weighted by atomic mass is 35.5. The van der Waals surface area contributed by atoms with Crippen molar-refractivity contribution in [3.05, 3.63) is 94.4 Å². The minimum absolute atomic E-state index is 0.0880. The molecule has 0 bridgehead atoms. The molecule has 0 aliphatic rings. The van der Waals surface area contributed by atoms with Crippen LogP contribution < -0.4 is 4.74 Å². The predicted octanol–water partition coefficient (Wildman–Crippen LogP) is 5.98. The Labute approximate surface area is 210 Å². The molecule has 6 nitrogen and oxygen atoms in total. The van der Waals surface area contributed by atoms with Crippen LogP contribution in [-0.2, 0) is 12.3 Å². The lowest BCUT2D eigenvalue weighted by Gasteiger charge is -2.17. The summed E-state index contributed by atoms with van der Waals surface area (Å²) < 4.78 is 33.3. The molecular weight excluding hydrogens is 494 g/mol. The van der Waals surface area contributed by atoms with Gasteiger partial charge in [0.2, 0.25) is 0 Å². The summed E-state index contributed by atoms with van der Waals surface area (Å²) in [5, 5.41) is 0.651. The smallest absolute Gasteiger partial charge is 0.272 e. The van der Waals surface area contributed by atoms with Crippen molar-refractivity contribution in [3.8, 4) is 17.0 Å². The van der Waals surface area contributed by atoms with Gasteiger partial charge in [-0.15, -0.1) is 0 Å². The van der Waals surface area contributed by atoms with Crippen LogP contribution in [0.2, 0.25) is 5.02 Å². The molecule has 0 saturated carbocycles. The molecule has 1 N–H and O–H groups in total. The molecule has 2 heterocycles. The van der Waals surface area contributed by atoms with E-state index in [1.165, 1.54) is 37.1 Å². The minimum Gasteiger partial charge on any atom is -0.494 e. The summed E-state index contributed by atoms with van der Waals surface area (Å²) in [5.41, 5.74) is 2.36. The molecule has 4 rings (SSSR count). The number of aromatic amines is 1. The van der Waals surface area contributed by atoms with Gasteiger partial charge in [0.05, 0.1) is 7.11 Å². The number of methoxy groups -OCH3 is 1. The Morgan fingerprint density at radius 1 is 1.11 bits per heavy atom. The van der Waals surface area contributed by atoms with Crippen molar-refractivity contribution in [3.63, 3.8) is 0 Å². The van der Waals surface area contributed by atoms with Gasteiger partial charge in [-0.3, -0.25) is 9.78 Å². The number of nitrogens with zero attached hydrogens (tertiary/aromatic N) is 3. The number of carbonyl (C=O) groups is 1. The van der Waals surface area contributed by atoms with Crippen LogP contribution in [-0.4, -0.2) is 39.9 Å². The van der Waals surface area contributed by atoms with Gasteiger partial charge < -0.3 is 14.6 Å². The molecule has 0 aliphatic heterocycles. The first kappa shape index (κ1) is 24.7. The lowest BCUT2D eigenvalue weighted by atomic mass is 10.1. The fraction of sp³-hybridized carbons (Fsp3) is 0.160. The van der Waals surface area contributed by atoms with E-state index in [2.05, 4.69) is 15.0 Å².